The fourth-order valence-electron chi connectivity index (χ4n) is 8.67. The fraction of sp³-hybridized carbons (Fsp3) is 0.808. The summed E-state index contributed by atoms with van der Waals surface area (Å²) in [5.74, 6) is 4.05. The Hall–Kier alpha value is -1.30. The van der Waals surface area contributed by atoms with E-state index in [1.807, 2.05) is 6.92 Å². The third-order valence-corrected chi connectivity index (χ3v) is 10.0. The predicted molar refractivity (Wildman–Crippen MR) is 118 cm³/mol. The average Bonchev–Trinajstić information content (AvgIpc) is 3.30. The van der Waals surface area contributed by atoms with Crippen LogP contribution in [0.3, 0.4) is 0 Å². The van der Waals surface area contributed by atoms with E-state index in [-0.39, 0.29) is 5.41 Å². The molecule has 4 aliphatic carbocycles. The summed E-state index contributed by atoms with van der Waals surface area (Å²) < 4.78 is 40.2. The Morgan fingerprint density at radius 3 is 2.56 bits per heavy atom. The molecule has 4 saturated carbocycles. The lowest BCUT2D eigenvalue weighted by molar-refractivity contribution is -0.141. The van der Waals surface area contributed by atoms with Crippen LogP contribution in [0.25, 0.3) is 0 Å². The summed E-state index contributed by atoms with van der Waals surface area (Å²) in [6.07, 6.45) is 7.36. The van der Waals surface area contributed by atoms with E-state index in [1.165, 1.54) is 49.4 Å². The second kappa shape index (κ2) is 7.61. The molecular weight excluding hydrogens is 413 g/mol. The van der Waals surface area contributed by atoms with Gasteiger partial charge in [-0.2, -0.15) is 18.3 Å². The molecule has 0 bridgehead atoms. The van der Waals surface area contributed by atoms with Gasteiger partial charge in [0.1, 0.15) is 0 Å². The zero-order valence-corrected chi connectivity index (χ0v) is 19.4. The van der Waals surface area contributed by atoms with Gasteiger partial charge in [0, 0.05) is 6.20 Å². The van der Waals surface area contributed by atoms with Crippen molar-refractivity contribution < 1.29 is 18.3 Å². The van der Waals surface area contributed by atoms with Gasteiger partial charge in [-0.25, -0.2) is 0 Å². The van der Waals surface area contributed by atoms with Gasteiger partial charge in [0.2, 0.25) is 0 Å². The van der Waals surface area contributed by atoms with Crippen LogP contribution in [0.15, 0.2) is 24.4 Å². The van der Waals surface area contributed by atoms with Crippen molar-refractivity contribution in [1.82, 2.24) is 9.78 Å². The Morgan fingerprint density at radius 1 is 1.09 bits per heavy atom. The summed E-state index contributed by atoms with van der Waals surface area (Å²) >= 11 is 0. The van der Waals surface area contributed by atoms with Crippen LogP contribution in [0.4, 0.5) is 13.2 Å². The number of allylic oxidation sites excluding steroid dienone is 1. The van der Waals surface area contributed by atoms with Crippen molar-refractivity contribution in [1.29, 1.82) is 0 Å². The standard InChI is InChI=1S/C26H37F3N2O/c1-16(15-31-13-10-23(30-31)26(27,28)29)21-6-7-22-20-5-4-17-14-24(2,32)11-8-18(17)19(20)9-12-25(21,22)3/h10,13,17-22,32H,1,4-9,11-12,14-15H2,2-3H3/t17-,18+,19-,20-,21-,22+,24-,25-/m1/s1. The molecular formula is C26H37F3N2O. The molecule has 0 aromatic carbocycles. The van der Waals surface area contributed by atoms with E-state index in [9.17, 15) is 18.3 Å². The predicted octanol–water partition coefficient (Wildman–Crippen LogP) is 6.48. The van der Waals surface area contributed by atoms with Crippen LogP contribution in [0.5, 0.6) is 0 Å². The van der Waals surface area contributed by atoms with E-state index in [4.69, 9.17) is 0 Å². The van der Waals surface area contributed by atoms with Crippen molar-refractivity contribution in [2.75, 3.05) is 0 Å². The molecule has 0 amide bonds. The van der Waals surface area contributed by atoms with Gasteiger partial charge in [0.05, 0.1) is 12.1 Å². The Morgan fingerprint density at radius 2 is 1.84 bits per heavy atom. The van der Waals surface area contributed by atoms with Crippen LogP contribution in [-0.2, 0) is 12.7 Å². The lowest BCUT2D eigenvalue weighted by atomic mass is 9.49. The van der Waals surface area contributed by atoms with E-state index in [0.29, 0.717) is 24.3 Å². The van der Waals surface area contributed by atoms with Gasteiger partial charge in [0.15, 0.2) is 5.69 Å². The van der Waals surface area contributed by atoms with Crippen LogP contribution in [-0.4, -0.2) is 20.5 Å². The van der Waals surface area contributed by atoms with Crippen molar-refractivity contribution in [3.05, 3.63) is 30.1 Å². The summed E-state index contributed by atoms with van der Waals surface area (Å²) in [7, 11) is 0. The molecule has 32 heavy (non-hydrogen) atoms. The smallest absolute Gasteiger partial charge is 0.390 e. The number of rotatable bonds is 3. The molecule has 0 spiro atoms. The largest absolute Gasteiger partial charge is 0.435 e. The second-order valence-electron chi connectivity index (χ2n) is 11.9. The van der Waals surface area contributed by atoms with Crippen molar-refractivity contribution in [3.8, 4) is 0 Å². The van der Waals surface area contributed by atoms with Crippen LogP contribution >= 0.6 is 0 Å². The molecule has 178 valence electrons. The highest BCUT2D eigenvalue weighted by Gasteiger charge is 2.57. The molecule has 1 aromatic rings. The van der Waals surface area contributed by atoms with Gasteiger partial charge in [-0.3, -0.25) is 4.68 Å². The summed E-state index contributed by atoms with van der Waals surface area (Å²) in [6, 6.07) is 1.05. The van der Waals surface area contributed by atoms with Gasteiger partial charge in [0.25, 0.3) is 0 Å². The molecule has 0 saturated heterocycles. The minimum absolute atomic E-state index is 0.200. The molecule has 6 heteroatoms. The Balaban J connectivity index is 1.29. The number of hydrogen-bond acceptors (Lipinski definition) is 2. The highest BCUT2D eigenvalue weighted by molar-refractivity contribution is 5.16. The number of aromatic nitrogens is 2. The van der Waals surface area contributed by atoms with Gasteiger partial charge >= 0.3 is 6.18 Å². The van der Waals surface area contributed by atoms with Crippen molar-refractivity contribution in [3.63, 3.8) is 0 Å². The summed E-state index contributed by atoms with van der Waals surface area (Å²) in [5.41, 5.74) is -0.0749. The first-order chi connectivity index (χ1) is 15.0. The van der Waals surface area contributed by atoms with Crippen LogP contribution in [0.1, 0.15) is 77.3 Å². The molecule has 0 radical (unpaired) electrons. The third-order valence-electron chi connectivity index (χ3n) is 10.0. The maximum atomic E-state index is 12.9. The van der Waals surface area contributed by atoms with E-state index in [2.05, 4.69) is 18.6 Å². The lowest BCUT2D eigenvalue weighted by Crippen LogP contribution is -2.50. The minimum Gasteiger partial charge on any atom is -0.390 e. The molecule has 1 N–H and O–H groups in total. The molecule has 0 aliphatic heterocycles. The van der Waals surface area contributed by atoms with Gasteiger partial charge in [-0.05, 0) is 112 Å². The van der Waals surface area contributed by atoms with Crippen molar-refractivity contribution in [2.45, 2.75) is 90.0 Å². The average molecular weight is 451 g/mol. The third kappa shape index (κ3) is 3.74. The van der Waals surface area contributed by atoms with E-state index < -0.39 is 17.5 Å². The topological polar surface area (TPSA) is 38.0 Å². The Bertz CT molecular complexity index is 875. The Kier molecular flexibility index (Phi) is 5.35. The quantitative estimate of drug-likeness (QED) is 0.536. The SMILES string of the molecule is C=C(Cn1ccc(C(F)(F)F)n1)[C@H]1CC[C@H]2[C@@H]3CC[C@@H]4C[C@](C)(O)CC[C@@H]4[C@H]3CC[C@]12C. The molecule has 1 heterocycles. The molecule has 3 nitrogen and oxygen atoms in total. The van der Waals surface area contributed by atoms with Gasteiger partial charge < -0.3 is 5.11 Å². The van der Waals surface area contributed by atoms with E-state index in [1.54, 1.807) is 0 Å². The summed E-state index contributed by atoms with van der Waals surface area (Å²) in [6.45, 7) is 9.17. The fourth-order valence-corrected chi connectivity index (χ4v) is 8.67. The molecule has 0 unspecified atom stereocenters. The molecule has 8 atom stereocenters. The molecule has 4 fully saturated rings. The maximum absolute atomic E-state index is 12.9. The highest BCUT2D eigenvalue weighted by Crippen LogP contribution is 2.65. The molecule has 5 rings (SSSR count). The highest BCUT2D eigenvalue weighted by atomic mass is 19.4. The lowest BCUT2D eigenvalue weighted by Gasteiger charge is -2.57. The number of halogens is 3. The van der Waals surface area contributed by atoms with Crippen molar-refractivity contribution >= 4 is 0 Å². The van der Waals surface area contributed by atoms with Gasteiger partial charge in [-0.15, -0.1) is 0 Å². The first-order valence-electron chi connectivity index (χ1n) is 12.5. The first-order valence-corrected chi connectivity index (χ1v) is 12.5. The maximum Gasteiger partial charge on any atom is 0.435 e. The minimum atomic E-state index is -4.40. The van der Waals surface area contributed by atoms with Crippen molar-refractivity contribution in [2.24, 2.45) is 40.9 Å². The van der Waals surface area contributed by atoms with E-state index in [0.717, 1.165) is 48.7 Å². The molecule has 4 aliphatic rings. The van der Waals surface area contributed by atoms with Gasteiger partial charge in [-0.1, -0.05) is 19.1 Å². The summed E-state index contributed by atoms with van der Waals surface area (Å²) in [5, 5.41) is 14.3. The number of alkyl halides is 3. The molecule has 1 aromatic heterocycles. The van der Waals surface area contributed by atoms with Crippen LogP contribution in [0.2, 0.25) is 0 Å². The number of aliphatic hydroxyl groups is 1. The van der Waals surface area contributed by atoms with Crippen LogP contribution in [0, 0.1) is 40.9 Å². The first kappa shape index (κ1) is 22.5. The zero-order valence-electron chi connectivity index (χ0n) is 19.4. The number of nitrogens with zero attached hydrogens (tertiary/aromatic N) is 2. The zero-order chi connectivity index (χ0) is 22.9. The monoisotopic (exact) mass is 450 g/mol. The Labute approximate surface area is 189 Å². The number of fused-ring (bicyclic) bond motifs is 5. The van der Waals surface area contributed by atoms with Crippen LogP contribution < -0.4 is 0 Å². The normalized spacial score (nSPS) is 43.9. The number of hydrogen-bond donors (Lipinski definition) is 1. The van der Waals surface area contributed by atoms with E-state index >= 15 is 0 Å². The second-order valence-corrected chi connectivity index (χ2v) is 11.9. The summed E-state index contributed by atoms with van der Waals surface area (Å²) in [4.78, 5) is 0.